The van der Waals surface area contributed by atoms with Crippen LogP contribution in [0.4, 0.5) is 17.6 Å². The van der Waals surface area contributed by atoms with E-state index >= 15 is 0 Å². The predicted octanol–water partition coefficient (Wildman–Crippen LogP) is 5.66. The molecule has 0 unspecified atom stereocenters. The number of pyridine rings is 2. The highest BCUT2D eigenvalue weighted by Gasteiger charge is 2.32. The largest absolute Gasteiger partial charge is 0.437 e. The minimum absolute atomic E-state index is 0.104. The first-order chi connectivity index (χ1) is 12.4. The normalized spacial score (nSPS) is 11.4. The van der Waals surface area contributed by atoms with Crippen LogP contribution in [0.5, 0.6) is 11.6 Å². The number of aromatic nitrogens is 2. The number of ether oxygens (including phenoxy) is 1. The van der Waals surface area contributed by atoms with E-state index in [0.29, 0.717) is 17.5 Å². The van der Waals surface area contributed by atoms with Crippen LogP contribution >= 0.6 is 0 Å². The van der Waals surface area contributed by atoms with Crippen molar-refractivity contribution in [1.29, 1.82) is 0 Å². The molecule has 134 valence electrons. The van der Waals surface area contributed by atoms with E-state index in [1.165, 1.54) is 24.4 Å². The molecule has 0 spiro atoms. The van der Waals surface area contributed by atoms with Crippen LogP contribution in [0, 0.1) is 5.82 Å². The lowest BCUT2D eigenvalue weighted by Crippen LogP contribution is -2.07. The molecule has 0 aliphatic rings. The van der Waals surface area contributed by atoms with Gasteiger partial charge in [-0.05, 0) is 53.9 Å². The van der Waals surface area contributed by atoms with Gasteiger partial charge in [-0.15, -0.1) is 0 Å². The highest BCUT2D eigenvalue weighted by molar-refractivity contribution is 5.72. The van der Waals surface area contributed by atoms with Gasteiger partial charge < -0.3 is 4.74 Å². The minimum atomic E-state index is -4.52. The van der Waals surface area contributed by atoms with Crippen molar-refractivity contribution in [2.24, 2.45) is 0 Å². The number of nitrogens with zero attached hydrogens (tertiary/aromatic N) is 2. The van der Waals surface area contributed by atoms with Crippen molar-refractivity contribution in [3.05, 3.63) is 71.9 Å². The molecule has 2 aromatic heterocycles. The quantitative estimate of drug-likeness (QED) is 0.562. The summed E-state index contributed by atoms with van der Waals surface area (Å²) in [6, 6.07) is 9.83. The molecular weight excluding hydrogens is 348 g/mol. The zero-order chi connectivity index (χ0) is 18.7. The van der Waals surface area contributed by atoms with Gasteiger partial charge in [0.05, 0.1) is 6.20 Å². The van der Waals surface area contributed by atoms with Gasteiger partial charge in [-0.1, -0.05) is 13.0 Å². The van der Waals surface area contributed by atoms with Crippen molar-refractivity contribution < 1.29 is 22.3 Å². The van der Waals surface area contributed by atoms with E-state index in [9.17, 15) is 17.6 Å². The third-order valence-electron chi connectivity index (χ3n) is 3.76. The number of benzene rings is 1. The molecule has 3 aromatic rings. The van der Waals surface area contributed by atoms with Crippen molar-refractivity contribution in [3.63, 3.8) is 0 Å². The third kappa shape index (κ3) is 3.82. The molecule has 0 aliphatic carbocycles. The Hall–Kier alpha value is -2.96. The summed E-state index contributed by atoms with van der Waals surface area (Å²) in [5.41, 5.74) is 1.05. The van der Waals surface area contributed by atoms with Gasteiger partial charge in [0.2, 0.25) is 5.88 Å². The Morgan fingerprint density at radius 3 is 2.46 bits per heavy atom. The Bertz CT molecular complexity index is 908. The molecule has 1 aromatic carbocycles. The van der Waals surface area contributed by atoms with E-state index in [-0.39, 0.29) is 11.6 Å². The number of rotatable bonds is 4. The molecule has 0 N–H and O–H groups in total. The van der Waals surface area contributed by atoms with Crippen LogP contribution in [0.1, 0.15) is 18.2 Å². The average molecular weight is 362 g/mol. The van der Waals surface area contributed by atoms with Crippen LogP contribution in [-0.4, -0.2) is 9.97 Å². The first-order valence-electron chi connectivity index (χ1n) is 7.83. The summed E-state index contributed by atoms with van der Waals surface area (Å²) in [5.74, 6) is -0.134. The van der Waals surface area contributed by atoms with Crippen LogP contribution < -0.4 is 4.74 Å². The van der Waals surface area contributed by atoms with E-state index in [1.54, 1.807) is 18.2 Å². The van der Waals surface area contributed by atoms with Gasteiger partial charge in [0.25, 0.3) is 0 Å². The summed E-state index contributed by atoms with van der Waals surface area (Å²) >= 11 is 0. The van der Waals surface area contributed by atoms with Crippen LogP contribution in [0.25, 0.3) is 11.1 Å². The van der Waals surface area contributed by atoms with Gasteiger partial charge in [-0.3, -0.25) is 0 Å². The van der Waals surface area contributed by atoms with E-state index in [1.807, 2.05) is 6.92 Å². The summed E-state index contributed by atoms with van der Waals surface area (Å²) in [4.78, 5) is 7.49. The van der Waals surface area contributed by atoms with Gasteiger partial charge in [-0.25, -0.2) is 14.4 Å². The van der Waals surface area contributed by atoms with Crippen molar-refractivity contribution in [3.8, 4) is 22.8 Å². The number of alkyl halides is 3. The molecule has 3 rings (SSSR count). The number of aryl methyl sites for hydroxylation is 1. The molecule has 2 heterocycles. The number of hydrogen-bond donors (Lipinski definition) is 0. The molecule has 0 saturated heterocycles. The monoisotopic (exact) mass is 362 g/mol. The summed E-state index contributed by atoms with van der Waals surface area (Å²) in [7, 11) is 0. The Balaban J connectivity index is 1.97. The van der Waals surface area contributed by atoms with Crippen LogP contribution in [0.3, 0.4) is 0 Å². The summed E-state index contributed by atoms with van der Waals surface area (Å²) in [6.45, 7) is 1.94. The fourth-order valence-corrected chi connectivity index (χ4v) is 2.50. The van der Waals surface area contributed by atoms with Gasteiger partial charge in [0, 0.05) is 11.8 Å². The van der Waals surface area contributed by atoms with E-state index < -0.39 is 17.7 Å². The SMILES string of the molecule is CCc1ccc(F)cc1-c1cccnc1Oc1ccc(C(F)(F)F)nc1. The Labute approximate surface area is 147 Å². The Morgan fingerprint density at radius 1 is 1.00 bits per heavy atom. The molecule has 0 amide bonds. The topological polar surface area (TPSA) is 35.0 Å². The van der Waals surface area contributed by atoms with Gasteiger partial charge in [0.15, 0.2) is 0 Å². The minimum Gasteiger partial charge on any atom is -0.437 e. The highest BCUT2D eigenvalue weighted by Crippen LogP contribution is 2.35. The molecule has 0 bridgehead atoms. The molecular formula is C19H14F4N2O. The summed E-state index contributed by atoms with van der Waals surface area (Å²) in [5, 5.41) is 0. The molecule has 0 saturated carbocycles. The van der Waals surface area contributed by atoms with Crippen molar-refractivity contribution >= 4 is 0 Å². The lowest BCUT2D eigenvalue weighted by atomic mass is 9.99. The first kappa shape index (κ1) is 17.8. The lowest BCUT2D eigenvalue weighted by Gasteiger charge is -2.13. The maximum Gasteiger partial charge on any atom is 0.433 e. The molecule has 0 atom stereocenters. The van der Waals surface area contributed by atoms with Crippen molar-refractivity contribution in [2.45, 2.75) is 19.5 Å². The van der Waals surface area contributed by atoms with Gasteiger partial charge in [0.1, 0.15) is 17.3 Å². The summed E-state index contributed by atoms with van der Waals surface area (Å²) in [6.07, 6.45) is -1.38. The van der Waals surface area contributed by atoms with Crippen molar-refractivity contribution in [2.75, 3.05) is 0 Å². The van der Waals surface area contributed by atoms with Gasteiger partial charge in [-0.2, -0.15) is 13.2 Å². The zero-order valence-corrected chi connectivity index (χ0v) is 13.7. The van der Waals surface area contributed by atoms with E-state index in [0.717, 1.165) is 17.8 Å². The van der Waals surface area contributed by atoms with E-state index in [2.05, 4.69) is 9.97 Å². The smallest absolute Gasteiger partial charge is 0.433 e. The second-order valence-electron chi connectivity index (χ2n) is 5.49. The van der Waals surface area contributed by atoms with Crippen LogP contribution in [-0.2, 0) is 12.6 Å². The molecule has 0 aliphatic heterocycles. The molecule has 7 heteroatoms. The highest BCUT2D eigenvalue weighted by atomic mass is 19.4. The summed E-state index contributed by atoms with van der Waals surface area (Å²) < 4.78 is 57.1. The lowest BCUT2D eigenvalue weighted by molar-refractivity contribution is -0.141. The maximum atomic E-state index is 13.7. The van der Waals surface area contributed by atoms with Crippen LogP contribution in [0.2, 0.25) is 0 Å². The Morgan fingerprint density at radius 2 is 1.81 bits per heavy atom. The standard InChI is InChI=1S/C19H14F4N2O/c1-2-12-5-6-13(20)10-16(12)15-4-3-9-24-18(15)26-14-7-8-17(25-11-14)19(21,22)23/h3-11H,2H2,1H3. The first-order valence-corrected chi connectivity index (χ1v) is 7.83. The Kier molecular flexibility index (Phi) is 4.88. The van der Waals surface area contributed by atoms with Crippen molar-refractivity contribution in [1.82, 2.24) is 9.97 Å². The fraction of sp³-hybridized carbons (Fsp3) is 0.158. The number of halogens is 4. The van der Waals surface area contributed by atoms with E-state index in [4.69, 9.17) is 4.74 Å². The average Bonchev–Trinajstić information content (AvgIpc) is 2.62. The molecule has 3 nitrogen and oxygen atoms in total. The third-order valence-corrected chi connectivity index (χ3v) is 3.76. The zero-order valence-electron chi connectivity index (χ0n) is 13.7. The fourth-order valence-electron chi connectivity index (χ4n) is 2.50. The van der Waals surface area contributed by atoms with Crippen LogP contribution in [0.15, 0.2) is 54.9 Å². The molecule has 0 radical (unpaired) electrons. The second-order valence-corrected chi connectivity index (χ2v) is 5.49. The number of hydrogen-bond acceptors (Lipinski definition) is 3. The predicted molar refractivity (Wildman–Crippen MR) is 88.3 cm³/mol. The van der Waals surface area contributed by atoms with Gasteiger partial charge >= 0.3 is 6.18 Å². The molecule has 0 fully saturated rings. The second kappa shape index (κ2) is 7.11. The maximum absolute atomic E-state index is 13.7. The molecule has 26 heavy (non-hydrogen) atoms.